The molecule has 2 unspecified atom stereocenters. The third-order valence-corrected chi connectivity index (χ3v) is 9.94. The zero-order chi connectivity index (χ0) is 35.2. The molecule has 0 radical (unpaired) electrons. The number of aromatic nitrogens is 4. The summed E-state index contributed by atoms with van der Waals surface area (Å²) in [6.45, 7) is 2.55. The summed E-state index contributed by atoms with van der Waals surface area (Å²) in [5.74, 6) is -1.14. The fraction of sp³-hybridized carbons (Fsp3) is 0.405. The lowest BCUT2D eigenvalue weighted by Crippen LogP contribution is -2.48. The van der Waals surface area contributed by atoms with Crippen LogP contribution in [0.15, 0.2) is 60.7 Å². The highest BCUT2D eigenvalue weighted by Crippen LogP contribution is 2.29. The van der Waals surface area contributed by atoms with E-state index in [1.54, 1.807) is 12.1 Å². The highest BCUT2D eigenvalue weighted by Gasteiger charge is 2.30. The number of nitrogens with one attached hydrogen (secondary N) is 4. The summed E-state index contributed by atoms with van der Waals surface area (Å²) in [6.07, 6.45) is 5.06. The van der Waals surface area contributed by atoms with Gasteiger partial charge in [0.1, 0.15) is 11.9 Å². The summed E-state index contributed by atoms with van der Waals surface area (Å²) in [5.41, 5.74) is 10.4. The van der Waals surface area contributed by atoms with Crippen molar-refractivity contribution in [3.8, 4) is 22.5 Å². The number of nitrogens with zero attached hydrogens (tertiary/aromatic N) is 3. The number of carbonyl (C=O) groups excluding carboxylic acids is 3. The first-order valence-electron chi connectivity index (χ1n) is 17.2. The molecule has 2 aliphatic carbocycles. The Kier molecular flexibility index (Phi) is 12.5. The number of hydrogen-bond acceptors (Lipinski definition) is 8. The number of tetrazole rings is 1. The van der Waals surface area contributed by atoms with E-state index in [1.165, 1.54) is 12.1 Å². The molecule has 0 bridgehead atoms. The van der Waals surface area contributed by atoms with Gasteiger partial charge in [0.25, 0.3) is 5.91 Å². The minimum absolute atomic E-state index is 0. The molecular weight excluding hydrogens is 675 g/mol. The number of nitrogens with two attached hydrogens (primary N) is 1. The molecule has 3 aromatic carbocycles. The molecule has 12 nitrogen and oxygen atoms in total. The molecule has 2 fully saturated rings. The molecule has 2 aliphatic rings. The van der Waals surface area contributed by atoms with E-state index >= 15 is 0 Å². The third kappa shape index (κ3) is 9.34. The average molecular weight is 719 g/mol. The molecule has 0 spiro atoms. The van der Waals surface area contributed by atoms with Gasteiger partial charge in [0.05, 0.1) is 11.7 Å². The van der Waals surface area contributed by atoms with Crippen molar-refractivity contribution in [1.82, 2.24) is 31.3 Å². The van der Waals surface area contributed by atoms with Gasteiger partial charge in [0, 0.05) is 29.6 Å². The number of aryl methyl sites for hydroxylation is 1. The van der Waals surface area contributed by atoms with Crippen molar-refractivity contribution in [1.29, 1.82) is 0 Å². The summed E-state index contributed by atoms with van der Waals surface area (Å²) < 4.78 is 14.9. The molecule has 7 N–H and O–H groups in total. The van der Waals surface area contributed by atoms with Crippen molar-refractivity contribution < 1.29 is 23.9 Å². The first kappa shape index (κ1) is 37.5. The molecule has 4 aromatic rings. The summed E-state index contributed by atoms with van der Waals surface area (Å²) in [5, 5.41) is 31.9. The monoisotopic (exact) mass is 718 g/mol. The van der Waals surface area contributed by atoms with Crippen LogP contribution in [-0.2, 0) is 16.0 Å². The van der Waals surface area contributed by atoms with Crippen molar-refractivity contribution in [2.24, 2.45) is 17.6 Å². The molecule has 3 atom stereocenters. The smallest absolute Gasteiger partial charge is 0.251 e. The minimum atomic E-state index is -0.916. The van der Waals surface area contributed by atoms with E-state index in [4.69, 9.17) is 5.73 Å². The fourth-order valence-corrected chi connectivity index (χ4v) is 6.98. The van der Waals surface area contributed by atoms with Crippen LogP contribution in [0.3, 0.4) is 0 Å². The van der Waals surface area contributed by atoms with Crippen LogP contribution in [0.5, 0.6) is 0 Å². The number of H-pyrrole nitrogens is 1. The number of aliphatic hydroxyl groups is 1. The Balaban J connectivity index is 0.00000504. The van der Waals surface area contributed by atoms with E-state index in [1.807, 2.05) is 43.3 Å². The number of amides is 3. The number of aromatic amines is 1. The molecule has 1 heterocycles. The second-order valence-corrected chi connectivity index (χ2v) is 13.5. The van der Waals surface area contributed by atoms with Crippen molar-refractivity contribution in [2.75, 3.05) is 11.9 Å². The summed E-state index contributed by atoms with van der Waals surface area (Å²) in [4.78, 5) is 39.9. The van der Waals surface area contributed by atoms with Gasteiger partial charge >= 0.3 is 0 Å². The van der Waals surface area contributed by atoms with Crippen LogP contribution in [-0.4, -0.2) is 68.2 Å². The van der Waals surface area contributed by atoms with E-state index in [-0.39, 0.29) is 65.8 Å². The Morgan fingerprint density at radius 1 is 0.980 bits per heavy atom. The van der Waals surface area contributed by atoms with Crippen molar-refractivity contribution in [3.05, 3.63) is 83.2 Å². The zero-order valence-corrected chi connectivity index (χ0v) is 29.2. The summed E-state index contributed by atoms with van der Waals surface area (Å²) >= 11 is 0. The maximum absolute atomic E-state index is 14.9. The highest BCUT2D eigenvalue weighted by molar-refractivity contribution is 5.98. The molecule has 0 saturated heterocycles. The number of aliphatic hydroxyl groups excluding tert-OH is 1. The predicted octanol–water partition coefficient (Wildman–Crippen LogP) is 4.48. The van der Waals surface area contributed by atoms with Crippen molar-refractivity contribution >= 4 is 35.8 Å². The zero-order valence-electron chi connectivity index (χ0n) is 28.4. The lowest BCUT2D eigenvalue weighted by molar-refractivity contribution is -0.130. The minimum Gasteiger partial charge on any atom is -0.393 e. The van der Waals surface area contributed by atoms with Crippen LogP contribution in [0.25, 0.3) is 22.5 Å². The van der Waals surface area contributed by atoms with Crippen LogP contribution in [0, 0.1) is 24.6 Å². The van der Waals surface area contributed by atoms with E-state index in [9.17, 15) is 23.9 Å². The quantitative estimate of drug-likeness (QED) is 0.131. The highest BCUT2D eigenvalue weighted by atomic mass is 35.5. The summed E-state index contributed by atoms with van der Waals surface area (Å²) in [6, 6.07) is 16.6. The largest absolute Gasteiger partial charge is 0.393 e. The molecule has 14 heteroatoms. The third-order valence-electron chi connectivity index (χ3n) is 9.94. The SMILES string of the molecule is Cc1cc(C(=O)NC2CCC(O)C2)ccc1-c1ccc(C[C@H](NC(=O)C2CCC(CN)CC2)C(=O)Nc2ccc(-c3nn[nH]n3)c(F)c2)cc1.Cl. The number of benzene rings is 3. The predicted molar refractivity (Wildman–Crippen MR) is 193 cm³/mol. The normalized spacial score (nSPS) is 20.5. The second kappa shape index (κ2) is 17.0. The van der Waals surface area contributed by atoms with Crippen molar-refractivity contribution in [3.63, 3.8) is 0 Å². The molecular formula is C37H44ClFN8O4. The van der Waals surface area contributed by atoms with Gasteiger partial charge < -0.3 is 26.8 Å². The first-order chi connectivity index (χ1) is 24.2. The second-order valence-electron chi connectivity index (χ2n) is 13.5. The standard InChI is InChI=1S/C37H43FN8O4.ClH/c1-21-16-26(36(49)40-27-11-13-29(47)18-27)10-14-30(21)24-6-2-22(3-7-24)17-33(42-35(48)25-8-4-23(20-39)5-9-25)37(50)41-28-12-15-31(32(38)19-28)34-43-45-46-44-34;/h2-3,6-7,10,12,14-16,19,23,25,27,29,33,47H,4-5,8-9,11,13,17-18,20,39H2,1H3,(H,40,49)(H,41,50)(H,42,48)(H,43,44,45,46);1H/t23?,25?,27?,29?,33-;/m0./s1. The number of carbonyl (C=O) groups is 3. The number of hydrogen-bond donors (Lipinski definition) is 6. The fourth-order valence-electron chi connectivity index (χ4n) is 6.98. The van der Waals surface area contributed by atoms with Gasteiger partial charge in [-0.25, -0.2) is 4.39 Å². The van der Waals surface area contributed by atoms with Crippen molar-refractivity contribution in [2.45, 2.75) is 76.5 Å². The van der Waals surface area contributed by atoms with Gasteiger partial charge in [-0.2, -0.15) is 5.21 Å². The maximum Gasteiger partial charge on any atom is 0.251 e. The van der Waals surface area contributed by atoms with Crippen LogP contribution < -0.4 is 21.7 Å². The van der Waals surface area contributed by atoms with E-state index in [0.29, 0.717) is 43.7 Å². The first-order valence-corrected chi connectivity index (χ1v) is 17.2. The van der Waals surface area contributed by atoms with E-state index in [2.05, 4.69) is 36.6 Å². The van der Waals surface area contributed by atoms with Gasteiger partial charge in [-0.3, -0.25) is 14.4 Å². The van der Waals surface area contributed by atoms with Crippen LogP contribution in [0.4, 0.5) is 10.1 Å². The van der Waals surface area contributed by atoms with Gasteiger partial charge in [0.2, 0.25) is 17.6 Å². The van der Waals surface area contributed by atoms with Gasteiger partial charge in [-0.15, -0.1) is 22.6 Å². The van der Waals surface area contributed by atoms with Crippen LogP contribution in [0.1, 0.15) is 66.4 Å². The molecule has 270 valence electrons. The maximum atomic E-state index is 14.9. The number of rotatable bonds is 11. The Bertz CT molecular complexity index is 1820. The topological polar surface area (TPSA) is 188 Å². The van der Waals surface area contributed by atoms with E-state index < -0.39 is 17.8 Å². The lowest BCUT2D eigenvalue weighted by atomic mass is 9.81. The molecule has 1 aromatic heterocycles. The Morgan fingerprint density at radius 3 is 2.35 bits per heavy atom. The molecule has 3 amide bonds. The van der Waals surface area contributed by atoms with E-state index in [0.717, 1.165) is 41.5 Å². The molecule has 6 rings (SSSR count). The van der Waals surface area contributed by atoms with Crippen LogP contribution >= 0.6 is 12.4 Å². The Morgan fingerprint density at radius 2 is 1.73 bits per heavy atom. The molecule has 2 saturated carbocycles. The van der Waals surface area contributed by atoms with Crippen LogP contribution in [0.2, 0.25) is 0 Å². The summed E-state index contributed by atoms with van der Waals surface area (Å²) in [7, 11) is 0. The molecule has 0 aliphatic heterocycles. The Hall–Kier alpha value is -4.72. The average Bonchev–Trinajstić information content (AvgIpc) is 3.80. The Labute approximate surface area is 302 Å². The van der Waals surface area contributed by atoms with Gasteiger partial charge in [-0.05, 0) is 122 Å². The van der Waals surface area contributed by atoms with Gasteiger partial charge in [-0.1, -0.05) is 30.3 Å². The number of halogens is 2. The molecule has 51 heavy (non-hydrogen) atoms. The lowest BCUT2D eigenvalue weighted by Gasteiger charge is -2.28. The van der Waals surface area contributed by atoms with Gasteiger partial charge in [0.15, 0.2) is 0 Å². The number of anilines is 1.